The SMILES string of the molecule is CCCC1CC2(OC)C(C)C(c3ccc(OC)c(OC)c3)OC2(OC)CC1=O. The molecule has 2 fully saturated rings. The quantitative estimate of drug-likeness (QED) is 0.701. The molecule has 1 aromatic carbocycles. The first-order valence-corrected chi connectivity index (χ1v) is 9.94. The van der Waals surface area contributed by atoms with Crippen molar-refractivity contribution < 1.29 is 28.5 Å². The lowest BCUT2D eigenvalue weighted by atomic mass is 9.66. The lowest BCUT2D eigenvalue weighted by molar-refractivity contribution is -0.298. The van der Waals surface area contributed by atoms with Crippen molar-refractivity contribution in [3.8, 4) is 11.5 Å². The van der Waals surface area contributed by atoms with Crippen molar-refractivity contribution in [2.45, 2.75) is 57.0 Å². The highest BCUT2D eigenvalue weighted by Crippen LogP contribution is 2.59. The Bertz CT molecular complexity index is 719. The van der Waals surface area contributed by atoms with Gasteiger partial charge in [0.05, 0.1) is 26.7 Å². The van der Waals surface area contributed by atoms with Crippen LogP contribution in [0, 0.1) is 11.8 Å². The molecule has 1 saturated carbocycles. The summed E-state index contributed by atoms with van der Waals surface area (Å²) in [4.78, 5) is 12.8. The van der Waals surface area contributed by atoms with Crippen molar-refractivity contribution in [1.29, 1.82) is 0 Å². The molecule has 0 amide bonds. The third-order valence-corrected chi connectivity index (χ3v) is 6.63. The zero-order chi connectivity index (χ0) is 20.5. The number of carbonyl (C=O) groups is 1. The molecule has 3 rings (SSSR count). The molecule has 156 valence electrons. The first kappa shape index (κ1) is 21.1. The van der Waals surface area contributed by atoms with E-state index in [1.54, 1.807) is 28.4 Å². The van der Waals surface area contributed by atoms with Crippen LogP contribution >= 0.6 is 0 Å². The minimum Gasteiger partial charge on any atom is -0.493 e. The monoisotopic (exact) mass is 392 g/mol. The van der Waals surface area contributed by atoms with Crippen LogP contribution in [0.2, 0.25) is 0 Å². The predicted octanol–water partition coefficient (Wildman–Crippen LogP) is 3.92. The molecule has 0 spiro atoms. The number of fused-ring (bicyclic) bond motifs is 1. The van der Waals surface area contributed by atoms with Crippen LogP contribution in [0.3, 0.4) is 0 Å². The maximum absolute atomic E-state index is 12.8. The zero-order valence-electron chi connectivity index (χ0n) is 17.7. The summed E-state index contributed by atoms with van der Waals surface area (Å²) in [6.45, 7) is 4.22. The largest absolute Gasteiger partial charge is 0.493 e. The van der Waals surface area contributed by atoms with E-state index in [0.29, 0.717) is 17.9 Å². The third-order valence-electron chi connectivity index (χ3n) is 6.63. The lowest BCUT2D eigenvalue weighted by Gasteiger charge is -2.49. The van der Waals surface area contributed by atoms with E-state index in [4.69, 9.17) is 23.7 Å². The number of ether oxygens (including phenoxy) is 5. The molecule has 28 heavy (non-hydrogen) atoms. The Balaban J connectivity index is 2.03. The molecule has 6 nitrogen and oxygen atoms in total. The molecule has 0 radical (unpaired) electrons. The second-order valence-corrected chi connectivity index (χ2v) is 7.83. The van der Waals surface area contributed by atoms with Crippen LogP contribution in [-0.4, -0.2) is 45.6 Å². The maximum atomic E-state index is 12.8. The Morgan fingerprint density at radius 3 is 2.39 bits per heavy atom. The van der Waals surface area contributed by atoms with Crippen molar-refractivity contribution in [3.63, 3.8) is 0 Å². The molecule has 1 saturated heterocycles. The van der Waals surface area contributed by atoms with E-state index in [0.717, 1.165) is 18.4 Å². The van der Waals surface area contributed by atoms with Gasteiger partial charge in [-0.05, 0) is 30.5 Å². The van der Waals surface area contributed by atoms with E-state index >= 15 is 0 Å². The van der Waals surface area contributed by atoms with E-state index in [1.807, 2.05) is 18.2 Å². The molecule has 5 atom stereocenters. The minimum absolute atomic E-state index is 0.0111. The third kappa shape index (κ3) is 3.02. The number of ketones is 1. The highest BCUT2D eigenvalue weighted by Gasteiger charge is 2.69. The molecular formula is C22H32O6. The Kier molecular flexibility index (Phi) is 6.03. The second kappa shape index (κ2) is 8.01. The average Bonchev–Trinajstić information content (AvgIpc) is 2.97. The topological polar surface area (TPSA) is 63.2 Å². The molecule has 0 bridgehead atoms. The summed E-state index contributed by atoms with van der Waals surface area (Å²) < 4.78 is 29.3. The molecule has 1 aliphatic carbocycles. The Morgan fingerprint density at radius 1 is 1.11 bits per heavy atom. The van der Waals surface area contributed by atoms with Gasteiger partial charge in [-0.15, -0.1) is 0 Å². The second-order valence-electron chi connectivity index (χ2n) is 7.83. The number of Topliss-reactive ketones (excluding diaryl/α,β-unsaturated/α-hetero) is 1. The van der Waals surface area contributed by atoms with Gasteiger partial charge in [-0.25, -0.2) is 0 Å². The Labute approximate surface area is 167 Å². The molecule has 0 aromatic heterocycles. The molecule has 6 heteroatoms. The minimum atomic E-state index is -1.08. The molecule has 1 aliphatic heterocycles. The molecular weight excluding hydrogens is 360 g/mol. The first-order valence-electron chi connectivity index (χ1n) is 9.94. The van der Waals surface area contributed by atoms with Gasteiger partial charge in [0.25, 0.3) is 0 Å². The fourth-order valence-electron chi connectivity index (χ4n) is 5.10. The van der Waals surface area contributed by atoms with Gasteiger partial charge in [0.2, 0.25) is 5.79 Å². The maximum Gasteiger partial charge on any atom is 0.205 e. The van der Waals surface area contributed by atoms with Crippen molar-refractivity contribution in [2.75, 3.05) is 28.4 Å². The Morgan fingerprint density at radius 2 is 1.82 bits per heavy atom. The summed E-state index contributed by atoms with van der Waals surface area (Å²) in [6, 6.07) is 5.77. The van der Waals surface area contributed by atoms with E-state index in [2.05, 4.69) is 13.8 Å². The number of rotatable bonds is 7. The van der Waals surface area contributed by atoms with Crippen LogP contribution in [0.1, 0.15) is 51.2 Å². The molecule has 1 heterocycles. The standard InChI is InChI=1S/C22H32O6/c1-7-8-16-12-21(26-5)14(2)20(28-22(21,27-6)13-17(16)23)15-9-10-18(24-3)19(11-15)25-4/h9-11,14,16,20H,7-8,12-13H2,1-6H3. The smallest absolute Gasteiger partial charge is 0.205 e. The van der Waals surface area contributed by atoms with Gasteiger partial charge in [0.15, 0.2) is 11.5 Å². The molecule has 5 unspecified atom stereocenters. The molecule has 1 aromatic rings. The number of hydrogen-bond acceptors (Lipinski definition) is 6. The summed E-state index contributed by atoms with van der Waals surface area (Å²) in [5.41, 5.74) is 0.264. The number of carbonyl (C=O) groups excluding carboxylic acids is 1. The summed E-state index contributed by atoms with van der Waals surface area (Å²) >= 11 is 0. The van der Waals surface area contributed by atoms with E-state index in [-0.39, 0.29) is 30.1 Å². The van der Waals surface area contributed by atoms with Crippen molar-refractivity contribution in [3.05, 3.63) is 23.8 Å². The fraction of sp³-hybridized carbons (Fsp3) is 0.682. The summed E-state index contributed by atoms with van der Waals surface area (Å²) in [5, 5.41) is 0. The van der Waals surface area contributed by atoms with Crippen LogP contribution < -0.4 is 9.47 Å². The van der Waals surface area contributed by atoms with Crippen LogP contribution in [0.5, 0.6) is 11.5 Å². The van der Waals surface area contributed by atoms with Gasteiger partial charge >= 0.3 is 0 Å². The highest BCUT2D eigenvalue weighted by atomic mass is 16.7. The first-order chi connectivity index (χ1) is 13.4. The van der Waals surface area contributed by atoms with Crippen molar-refractivity contribution in [2.24, 2.45) is 11.8 Å². The molecule has 0 N–H and O–H groups in total. The zero-order valence-corrected chi connectivity index (χ0v) is 17.7. The van der Waals surface area contributed by atoms with Gasteiger partial charge in [-0.2, -0.15) is 0 Å². The normalized spacial score (nSPS) is 34.9. The van der Waals surface area contributed by atoms with E-state index < -0.39 is 11.4 Å². The van der Waals surface area contributed by atoms with Gasteiger partial charge in [0, 0.05) is 26.1 Å². The van der Waals surface area contributed by atoms with Crippen molar-refractivity contribution in [1.82, 2.24) is 0 Å². The average molecular weight is 392 g/mol. The summed E-state index contributed by atoms with van der Waals surface area (Å²) in [5.74, 6) is 0.377. The van der Waals surface area contributed by atoms with E-state index in [1.165, 1.54) is 0 Å². The van der Waals surface area contributed by atoms with E-state index in [9.17, 15) is 4.79 Å². The number of hydrogen-bond donors (Lipinski definition) is 0. The predicted molar refractivity (Wildman–Crippen MR) is 105 cm³/mol. The lowest BCUT2D eigenvalue weighted by Crippen LogP contribution is -2.62. The molecule has 2 aliphatic rings. The van der Waals surface area contributed by atoms with Crippen molar-refractivity contribution >= 4 is 5.78 Å². The summed E-state index contributed by atoms with van der Waals surface area (Å²) in [7, 11) is 6.52. The van der Waals surface area contributed by atoms with Crippen LogP contribution in [0.25, 0.3) is 0 Å². The van der Waals surface area contributed by atoms with Gasteiger partial charge in [-0.1, -0.05) is 26.3 Å². The van der Waals surface area contributed by atoms with Gasteiger partial charge in [0.1, 0.15) is 11.4 Å². The number of methoxy groups -OCH3 is 4. The van der Waals surface area contributed by atoms with Gasteiger partial charge in [-0.3, -0.25) is 4.79 Å². The highest BCUT2D eigenvalue weighted by molar-refractivity contribution is 5.83. The van der Waals surface area contributed by atoms with Gasteiger partial charge < -0.3 is 23.7 Å². The van der Waals surface area contributed by atoms with Crippen LogP contribution in [0.15, 0.2) is 18.2 Å². The van der Waals surface area contributed by atoms with Crippen LogP contribution in [-0.2, 0) is 19.0 Å². The fourth-order valence-corrected chi connectivity index (χ4v) is 5.10. The number of benzene rings is 1. The Hall–Kier alpha value is -1.63. The van der Waals surface area contributed by atoms with Crippen LogP contribution in [0.4, 0.5) is 0 Å². The summed E-state index contributed by atoms with van der Waals surface area (Å²) in [6.07, 6.45) is 2.35.